The molecule has 0 spiro atoms. The van der Waals surface area contributed by atoms with Crippen LogP contribution in [-0.2, 0) is 27.7 Å². The number of halogens is 2. The zero-order chi connectivity index (χ0) is 18.3. The number of carbonyl (C=O) groups excluding carboxylic acids is 3. The molecule has 0 aliphatic heterocycles. The summed E-state index contributed by atoms with van der Waals surface area (Å²) in [5.41, 5.74) is 0. The molecule has 6 nitrogen and oxygen atoms in total. The lowest BCUT2D eigenvalue weighted by Crippen LogP contribution is -2.60. The number of hydrogen-bond donors (Lipinski definition) is 0. The fraction of sp³-hybridized carbons (Fsp3) is 0.400. The molecule has 0 aromatic heterocycles. The first-order valence-corrected chi connectivity index (χ1v) is 9.10. The van der Waals surface area contributed by atoms with Gasteiger partial charge in [-0.2, -0.15) is 0 Å². The number of rotatable bonds is 7. The third kappa shape index (κ3) is 5.12. The first kappa shape index (κ1) is 19.8. The summed E-state index contributed by atoms with van der Waals surface area (Å²) >= 11 is 0. The lowest BCUT2D eigenvalue weighted by atomic mass is 10.3. The Morgan fingerprint density at radius 1 is 0.792 bits per heavy atom. The van der Waals surface area contributed by atoms with E-state index in [1.807, 2.05) is 0 Å². The van der Waals surface area contributed by atoms with E-state index in [1.54, 1.807) is 0 Å². The summed E-state index contributed by atoms with van der Waals surface area (Å²) in [5, 5.41) is -0.328. The maximum absolute atomic E-state index is 13.6. The van der Waals surface area contributed by atoms with Crippen LogP contribution in [0.3, 0.4) is 0 Å². The average molecular weight is 360 g/mol. The summed E-state index contributed by atoms with van der Waals surface area (Å²) in [6.07, 6.45) is -0.334. The van der Waals surface area contributed by atoms with Crippen molar-refractivity contribution >= 4 is 31.9 Å². The molecule has 0 radical (unpaired) electrons. The van der Waals surface area contributed by atoms with Gasteiger partial charge in [-0.3, -0.25) is 14.4 Å². The highest BCUT2D eigenvalue weighted by atomic mass is 28.4. The van der Waals surface area contributed by atoms with Gasteiger partial charge in [-0.15, -0.1) is 0 Å². The fourth-order valence-corrected chi connectivity index (χ4v) is 4.08. The minimum atomic E-state index is -4.52. The lowest BCUT2D eigenvalue weighted by molar-refractivity contribution is -0.149. The van der Waals surface area contributed by atoms with Crippen molar-refractivity contribution in [1.29, 1.82) is 0 Å². The second kappa shape index (κ2) is 8.53. The first-order valence-electron chi connectivity index (χ1n) is 7.38. The Morgan fingerprint density at radius 2 is 1.12 bits per heavy atom. The van der Waals surface area contributed by atoms with Crippen molar-refractivity contribution < 1.29 is 36.4 Å². The van der Waals surface area contributed by atoms with Crippen LogP contribution in [0.2, 0.25) is 0 Å². The van der Waals surface area contributed by atoms with Crippen molar-refractivity contribution in [1.82, 2.24) is 0 Å². The normalized spacial score (nSPS) is 10.9. The van der Waals surface area contributed by atoms with Crippen molar-refractivity contribution in [3.05, 3.63) is 29.8 Å². The Labute approximate surface area is 139 Å². The molecule has 1 aromatic carbocycles. The minimum Gasteiger partial charge on any atom is -0.452 e. The quantitative estimate of drug-likeness (QED) is 0.692. The largest absolute Gasteiger partial charge is 0.743 e. The third-order valence-electron chi connectivity index (χ3n) is 2.83. The van der Waals surface area contributed by atoms with Crippen LogP contribution in [0.5, 0.6) is 0 Å². The van der Waals surface area contributed by atoms with Crippen LogP contribution in [0.4, 0.5) is 8.78 Å². The number of hydrogen-bond acceptors (Lipinski definition) is 6. The van der Waals surface area contributed by atoms with E-state index in [0.717, 1.165) is 12.1 Å². The molecule has 0 unspecified atom stereocenters. The van der Waals surface area contributed by atoms with Gasteiger partial charge in [0.25, 0.3) is 17.9 Å². The molecule has 1 rings (SSSR count). The van der Waals surface area contributed by atoms with Gasteiger partial charge in [0, 0.05) is 25.3 Å². The molecule has 1 aromatic rings. The Kier molecular flexibility index (Phi) is 7.02. The van der Waals surface area contributed by atoms with E-state index in [2.05, 4.69) is 0 Å². The Bertz CT molecular complexity index is 569. The molecule has 0 heterocycles. The van der Waals surface area contributed by atoms with Crippen LogP contribution >= 0.6 is 0 Å². The van der Waals surface area contributed by atoms with E-state index in [4.69, 9.17) is 13.3 Å². The lowest BCUT2D eigenvalue weighted by Gasteiger charge is -2.27. The van der Waals surface area contributed by atoms with Gasteiger partial charge in [0.1, 0.15) is 11.6 Å². The van der Waals surface area contributed by atoms with Crippen LogP contribution < -0.4 is 5.19 Å². The van der Waals surface area contributed by atoms with E-state index < -0.39 is 38.3 Å². The van der Waals surface area contributed by atoms with Crippen LogP contribution in [0.25, 0.3) is 0 Å². The molecule has 132 valence electrons. The molecular weight excluding hydrogens is 342 g/mol. The van der Waals surface area contributed by atoms with Gasteiger partial charge in [-0.25, -0.2) is 8.78 Å². The molecule has 0 fully saturated rings. The van der Waals surface area contributed by atoms with Crippen LogP contribution in [0.1, 0.15) is 40.0 Å². The number of carbonyl (C=O) groups is 3. The molecule has 0 bridgehead atoms. The molecule has 0 aliphatic rings. The van der Waals surface area contributed by atoms with Gasteiger partial charge >= 0.3 is 8.80 Å². The van der Waals surface area contributed by atoms with E-state index in [9.17, 15) is 23.2 Å². The molecule has 9 heteroatoms. The molecular formula is C15H18F2O6Si. The highest BCUT2D eigenvalue weighted by Gasteiger charge is 2.56. The number of benzene rings is 1. The van der Waals surface area contributed by atoms with E-state index in [0.29, 0.717) is 6.07 Å². The van der Waals surface area contributed by atoms with Crippen molar-refractivity contribution in [2.24, 2.45) is 0 Å². The fourth-order valence-electron chi connectivity index (χ4n) is 1.64. The predicted octanol–water partition coefficient (Wildman–Crippen LogP) is 1.97. The van der Waals surface area contributed by atoms with E-state index in [1.165, 1.54) is 20.8 Å². The molecule has 0 amide bonds. The monoisotopic (exact) mass is 360 g/mol. The molecule has 0 N–H and O–H groups in total. The maximum atomic E-state index is 13.6. The van der Waals surface area contributed by atoms with Gasteiger partial charge in [0.05, 0.1) is 5.19 Å². The molecule has 0 saturated carbocycles. The van der Waals surface area contributed by atoms with Gasteiger partial charge in [0.2, 0.25) is 0 Å². The van der Waals surface area contributed by atoms with Gasteiger partial charge in [-0.05, 0) is 12.1 Å². The summed E-state index contributed by atoms with van der Waals surface area (Å²) < 4.78 is 42.5. The topological polar surface area (TPSA) is 78.9 Å². The van der Waals surface area contributed by atoms with Gasteiger partial charge in [-0.1, -0.05) is 20.8 Å². The zero-order valence-corrected chi connectivity index (χ0v) is 14.6. The Morgan fingerprint density at radius 3 is 1.42 bits per heavy atom. The SMILES string of the molecule is CCC(=O)O[Si](OC(=O)CC)(OC(=O)CC)c1cc(F)cc(F)c1. The first-order chi connectivity index (χ1) is 11.3. The summed E-state index contributed by atoms with van der Waals surface area (Å²) in [5.74, 6) is -4.48. The second-order valence-electron chi connectivity index (χ2n) is 4.70. The predicted molar refractivity (Wildman–Crippen MR) is 80.9 cm³/mol. The Hall–Kier alpha value is -2.29. The summed E-state index contributed by atoms with van der Waals surface area (Å²) in [4.78, 5) is 35.3. The van der Waals surface area contributed by atoms with Crippen molar-refractivity contribution in [3.8, 4) is 0 Å². The molecule has 0 saturated heterocycles. The summed E-state index contributed by atoms with van der Waals surface area (Å²) in [6.45, 7) is 4.41. The molecule has 24 heavy (non-hydrogen) atoms. The summed E-state index contributed by atoms with van der Waals surface area (Å²) in [6, 6.07) is 2.21. The highest BCUT2D eigenvalue weighted by molar-refractivity contribution is 6.79. The van der Waals surface area contributed by atoms with Crippen molar-refractivity contribution in [2.75, 3.05) is 0 Å². The van der Waals surface area contributed by atoms with Gasteiger partial charge in [0.15, 0.2) is 0 Å². The van der Waals surface area contributed by atoms with Crippen molar-refractivity contribution in [2.45, 2.75) is 40.0 Å². The van der Waals surface area contributed by atoms with Crippen LogP contribution in [0.15, 0.2) is 18.2 Å². The smallest absolute Gasteiger partial charge is 0.452 e. The Balaban J connectivity index is 3.49. The molecule has 0 atom stereocenters. The van der Waals surface area contributed by atoms with Gasteiger partial charge < -0.3 is 13.3 Å². The maximum Gasteiger partial charge on any atom is 0.743 e. The van der Waals surface area contributed by atoms with Crippen LogP contribution in [0, 0.1) is 11.6 Å². The van der Waals surface area contributed by atoms with Crippen molar-refractivity contribution in [3.63, 3.8) is 0 Å². The van der Waals surface area contributed by atoms with E-state index >= 15 is 0 Å². The van der Waals surface area contributed by atoms with E-state index in [-0.39, 0.29) is 24.4 Å². The minimum absolute atomic E-state index is 0.111. The zero-order valence-electron chi connectivity index (χ0n) is 13.6. The summed E-state index contributed by atoms with van der Waals surface area (Å²) in [7, 11) is -4.52. The highest BCUT2D eigenvalue weighted by Crippen LogP contribution is 2.16. The third-order valence-corrected chi connectivity index (χ3v) is 5.31. The standard InChI is InChI=1S/C15H18F2O6Si/c1-4-13(18)21-24(22-14(19)5-2,23-15(20)6-3)12-8-10(16)7-11(17)9-12/h7-9H,4-6H2,1-3H3. The molecule has 0 aliphatic carbocycles. The van der Waals surface area contributed by atoms with Crippen LogP contribution in [-0.4, -0.2) is 26.7 Å². The average Bonchev–Trinajstić information content (AvgIpc) is 2.53. The second-order valence-corrected chi connectivity index (χ2v) is 7.00.